The smallest absolute Gasteiger partial charge is 0.168 e. The molecule has 0 unspecified atom stereocenters. The summed E-state index contributed by atoms with van der Waals surface area (Å²) in [6.45, 7) is 3.86. The van der Waals surface area contributed by atoms with E-state index in [1.165, 1.54) is 6.33 Å². The van der Waals surface area contributed by atoms with Gasteiger partial charge >= 0.3 is 0 Å². The van der Waals surface area contributed by atoms with Crippen LogP contribution in [-0.4, -0.2) is 74.5 Å². The van der Waals surface area contributed by atoms with E-state index in [2.05, 4.69) is 25.2 Å². The van der Waals surface area contributed by atoms with E-state index in [9.17, 15) is 5.11 Å². The molecule has 30 heavy (non-hydrogen) atoms. The zero-order valence-corrected chi connectivity index (χ0v) is 16.5. The minimum Gasteiger partial charge on any atom is -0.390 e. The van der Waals surface area contributed by atoms with E-state index < -0.39 is 18.4 Å². The Morgan fingerprint density at radius 2 is 2.07 bits per heavy atom. The van der Waals surface area contributed by atoms with Crippen molar-refractivity contribution in [2.75, 3.05) is 43.4 Å². The topological polar surface area (TPSA) is 153 Å². The van der Waals surface area contributed by atoms with Gasteiger partial charge in [-0.15, -0.1) is 0 Å². The fraction of sp³-hybridized carbons (Fsp3) is 0.474. The number of rotatable bonds is 4. The maximum Gasteiger partial charge on any atom is 0.168 e. The number of imidazole rings is 1. The number of hydrogen-bond donors (Lipinski definition) is 4. The van der Waals surface area contributed by atoms with Crippen LogP contribution in [0, 0.1) is 0 Å². The summed E-state index contributed by atoms with van der Waals surface area (Å²) in [5.74, 6) is 1.83. The third-order valence-corrected chi connectivity index (χ3v) is 5.67. The molecule has 6 N–H and O–H groups in total. The Hall–Kier alpha value is -2.86. The molecule has 2 fully saturated rings. The maximum atomic E-state index is 10.3. The van der Waals surface area contributed by atoms with Gasteiger partial charge in [-0.25, -0.2) is 19.9 Å². The van der Waals surface area contributed by atoms with Crippen LogP contribution < -0.4 is 21.7 Å². The lowest BCUT2D eigenvalue weighted by atomic mass is 10.2. The fourth-order valence-corrected chi connectivity index (χ4v) is 4.11. The molecule has 2 aliphatic rings. The van der Waals surface area contributed by atoms with Crippen molar-refractivity contribution in [2.24, 2.45) is 5.73 Å². The van der Waals surface area contributed by atoms with Gasteiger partial charge in [0.2, 0.25) is 0 Å². The van der Waals surface area contributed by atoms with Crippen molar-refractivity contribution in [2.45, 2.75) is 24.9 Å². The lowest BCUT2D eigenvalue weighted by Gasteiger charge is -2.28. The number of nitrogens with one attached hydrogen (secondary N) is 1. The molecule has 5 heterocycles. The number of nitrogen functional groups attached to an aromatic ring is 1. The predicted octanol–water partition coefficient (Wildman–Crippen LogP) is -0.513. The van der Waals surface area contributed by atoms with Crippen molar-refractivity contribution in [3.63, 3.8) is 0 Å². The van der Waals surface area contributed by atoms with Gasteiger partial charge in [-0.3, -0.25) is 4.57 Å². The highest BCUT2D eigenvalue weighted by molar-refractivity contribution is 5.85. The minimum atomic E-state index is -0.654. The molecule has 11 heteroatoms. The summed E-state index contributed by atoms with van der Waals surface area (Å²) >= 11 is 0. The molecule has 158 valence electrons. The average molecular weight is 411 g/mol. The third-order valence-electron chi connectivity index (χ3n) is 5.67. The Labute approximate surface area is 173 Å². The largest absolute Gasteiger partial charge is 0.390 e. The van der Waals surface area contributed by atoms with Crippen LogP contribution in [0.3, 0.4) is 0 Å². The molecule has 2 aliphatic heterocycles. The molecule has 0 aromatic carbocycles. The van der Waals surface area contributed by atoms with E-state index in [1.54, 1.807) is 6.20 Å². The average Bonchev–Trinajstić information content (AvgIpc) is 3.35. The van der Waals surface area contributed by atoms with E-state index in [0.29, 0.717) is 29.2 Å². The number of aromatic nitrogens is 5. The molecule has 3 aromatic heterocycles. The van der Waals surface area contributed by atoms with Gasteiger partial charge in [0.15, 0.2) is 17.0 Å². The first-order valence-electron chi connectivity index (χ1n) is 10.1. The molecule has 11 nitrogen and oxygen atoms in total. The molecule has 0 aliphatic carbocycles. The number of ether oxygens (including phenoxy) is 1. The molecule has 3 aromatic rings. The van der Waals surface area contributed by atoms with Crippen molar-refractivity contribution in [1.29, 1.82) is 0 Å². The summed E-state index contributed by atoms with van der Waals surface area (Å²) in [7, 11) is 0. The van der Waals surface area contributed by atoms with Crippen molar-refractivity contribution in [3.05, 3.63) is 24.7 Å². The zero-order valence-electron chi connectivity index (χ0n) is 16.5. The summed E-state index contributed by atoms with van der Waals surface area (Å²) in [5, 5.41) is 13.7. The van der Waals surface area contributed by atoms with Gasteiger partial charge in [0.05, 0.1) is 12.2 Å². The first-order chi connectivity index (χ1) is 14.7. The Morgan fingerprint density at radius 3 is 2.83 bits per heavy atom. The number of aliphatic hydroxyl groups excluding tert-OH is 1. The second-order valence-electron chi connectivity index (χ2n) is 7.54. The normalized spacial score (nSPS) is 24.6. The van der Waals surface area contributed by atoms with Crippen molar-refractivity contribution < 1.29 is 9.84 Å². The number of nitrogens with two attached hydrogens (primary N) is 2. The first-order valence-corrected chi connectivity index (χ1v) is 10.1. The van der Waals surface area contributed by atoms with E-state index in [0.717, 1.165) is 37.6 Å². The van der Waals surface area contributed by atoms with E-state index in [1.807, 2.05) is 16.7 Å². The highest BCUT2D eigenvalue weighted by Crippen LogP contribution is 2.36. The lowest BCUT2D eigenvalue weighted by molar-refractivity contribution is -0.0108. The van der Waals surface area contributed by atoms with E-state index in [-0.39, 0.29) is 6.54 Å². The van der Waals surface area contributed by atoms with Crippen molar-refractivity contribution >= 4 is 22.8 Å². The minimum absolute atomic E-state index is 0.235. The number of nitrogens with zero attached hydrogens (tertiary/aromatic N) is 6. The van der Waals surface area contributed by atoms with Crippen LogP contribution in [0.1, 0.15) is 12.6 Å². The monoisotopic (exact) mass is 411 g/mol. The van der Waals surface area contributed by atoms with Crippen LogP contribution in [-0.2, 0) is 4.74 Å². The molecular formula is C19H25N9O2. The molecule has 0 amide bonds. The molecular weight excluding hydrogens is 386 g/mol. The zero-order chi connectivity index (χ0) is 20.7. The Morgan fingerprint density at radius 1 is 1.23 bits per heavy atom. The molecule has 3 atom stereocenters. The molecule has 0 spiro atoms. The maximum absolute atomic E-state index is 10.3. The second kappa shape index (κ2) is 7.76. The Kier molecular flexibility index (Phi) is 4.95. The quantitative estimate of drug-likeness (QED) is 0.441. The van der Waals surface area contributed by atoms with Crippen LogP contribution in [0.15, 0.2) is 24.7 Å². The van der Waals surface area contributed by atoms with Crippen LogP contribution >= 0.6 is 0 Å². The first kappa shape index (κ1) is 19.1. The lowest BCUT2D eigenvalue weighted by Crippen LogP contribution is -2.43. The highest BCUT2D eigenvalue weighted by Gasteiger charge is 2.36. The van der Waals surface area contributed by atoms with Gasteiger partial charge in [0, 0.05) is 50.9 Å². The number of anilines is 2. The number of hydrogen-bond acceptors (Lipinski definition) is 10. The van der Waals surface area contributed by atoms with Gasteiger partial charge in [-0.05, 0) is 12.1 Å². The van der Waals surface area contributed by atoms with E-state index in [4.69, 9.17) is 21.2 Å². The number of aliphatic hydroxyl groups is 1. The summed E-state index contributed by atoms with van der Waals surface area (Å²) < 4.78 is 7.91. The SMILES string of the molecule is NC[C@H]1O[C@@H](n2c(-c3ccnc(N4CCNCC4)c3)nc3c(N)ncnc32)C[C@@H]1O. The van der Waals surface area contributed by atoms with Crippen LogP contribution in [0.5, 0.6) is 0 Å². The standard InChI is InChI=1S/C19H25N9O2/c20-9-13-12(29)8-15(30-13)28-18(26-16-17(21)24-10-25-19(16)28)11-1-2-23-14(7-11)27-5-3-22-4-6-27/h1-2,7,10,12-13,15,22,29H,3-6,8-9,20H2,(H2,21,24,25)/t12-,13+,15+/m0/s1. The summed E-state index contributed by atoms with van der Waals surface area (Å²) in [6, 6.07) is 3.91. The van der Waals surface area contributed by atoms with Gasteiger partial charge < -0.3 is 31.5 Å². The van der Waals surface area contributed by atoms with Gasteiger partial charge in [0.1, 0.15) is 24.2 Å². The Bertz CT molecular complexity index is 1050. The molecule has 0 saturated carbocycles. The van der Waals surface area contributed by atoms with Crippen LogP contribution in [0.2, 0.25) is 0 Å². The van der Waals surface area contributed by atoms with Crippen molar-refractivity contribution in [3.8, 4) is 11.4 Å². The summed E-state index contributed by atoms with van der Waals surface area (Å²) in [4.78, 5) is 20.0. The predicted molar refractivity (Wildman–Crippen MR) is 112 cm³/mol. The van der Waals surface area contributed by atoms with Gasteiger partial charge in [0.25, 0.3) is 0 Å². The molecule has 0 radical (unpaired) electrons. The highest BCUT2D eigenvalue weighted by atomic mass is 16.5. The molecule has 2 saturated heterocycles. The van der Waals surface area contributed by atoms with Gasteiger partial charge in [-0.2, -0.15) is 0 Å². The van der Waals surface area contributed by atoms with Crippen LogP contribution in [0.25, 0.3) is 22.6 Å². The number of piperazine rings is 1. The molecule has 0 bridgehead atoms. The van der Waals surface area contributed by atoms with E-state index >= 15 is 0 Å². The number of pyridine rings is 1. The van der Waals surface area contributed by atoms with Crippen molar-refractivity contribution in [1.82, 2.24) is 29.8 Å². The number of fused-ring (bicyclic) bond motifs is 1. The summed E-state index contributed by atoms with van der Waals surface area (Å²) in [5.41, 5.74) is 13.8. The second-order valence-corrected chi connectivity index (χ2v) is 7.54. The fourth-order valence-electron chi connectivity index (χ4n) is 4.11. The van der Waals surface area contributed by atoms with Crippen LogP contribution in [0.4, 0.5) is 11.6 Å². The van der Waals surface area contributed by atoms with Gasteiger partial charge in [-0.1, -0.05) is 0 Å². The third kappa shape index (κ3) is 3.25. The summed E-state index contributed by atoms with van der Waals surface area (Å²) in [6.07, 6.45) is 2.02. The molecule has 5 rings (SSSR count). The Balaban J connectivity index is 1.62.